The van der Waals surface area contributed by atoms with E-state index < -0.39 is 5.97 Å². The summed E-state index contributed by atoms with van der Waals surface area (Å²) in [6.45, 7) is 2.31. The Morgan fingerprint density at radius 2 is 2.44 bits per heavy atom. The van der Waals surface area contributed by atoms with Crippen molar-refractivity contribution in [3.05, 3.63) is 29.7 Å². The molecular weight excluding hydrogens is 232 g/mol. The van der Waals surface area contributed by atoms with Crippen molar-refractivity contribution in [2.24, 2.45) is 5.73 Å². The number of hydrogen-bond donors (Lipinski definition) is 1. The fourth-order valence-corrected chi connectivity index (χ4v) is 1.43. The molecule has 6 nitrogen and oxygen atoms in total. The van der Waals surface area contributed by atoms with E-state index in [1.807, 2.05) is 0 Å². The van der Waals surface area contributed by atoms with Crippen LogP contribution in [0.1, 0.15) is 23.0 Å². The van der Waals surface area contributed by atoms with Crippen molar-refractivity contribution in [1.29, 1.82) is 0 Å². The van der Waals surface area contributed by atoms with Crippen LogP contribution in [0.5, 0.6) is 0 Å². The Morgan fingerprint density at radius 1 is 1.61 bits per heavy atom. The number of hydrogen-bond acceptors (Lipinski definition) is 5. The molecule has 0 saturated heterocycles. The van der Waals surface area contributed by atoms with Crippen LogP contribution < -0.4 is 5.73 Å². The van der Waals surface area contributed by atoms with Crippen LogP contribution in [-0.4, -0.2) is 33.7 Å². The highest BCUT2D eigenvalue weighted by atomic mass is 16.5. The molecular formula is C12H12N4O2. The SMILES string of the molecule is CCOC(=O)c1cnn2ccc(C#CCN)nc12. The van der Waals surface area contributed by atoms with E-state index in [2.05, 4.69) is 21.9 Å². The van der Waals surface area contributed by atoms with Crippen molar-refractivity contribution in [3.8, 4) is 11.8 Å². The molecule has 0 bridgehead atoms. The quantitative estimate of drug-likeness (QED) is 0.603. The van der Waals surface area contributed by atoms with Crippen LogP contribution >= 0.6 is 0 Å². The molecule has 0 amide bonds. The van der Waals surface area contributed by atoms with Gasteiger partial charge < -0.3 is 10.5 Å². The van der Waals surface area contributed by atoms with Gasteiger partial charge in [-0.05, 0) is 18.9 Å². The monoisotopic (exact) mass is 244 g/mol. The number of carbonyl (C=O) groups excluding carboxylic acids is 1. The molecule has 2 aromatic heterocycles. The Bertz CT molecular complexity index is 636. The second kappa shape index (κ2) is 5.29. The fraction of sp³-hybridized carbons (Fsp3) is 0.250. The van der Waals surface area contributed by atoms with Crippen LogP contribution in [0.25, 0.3) is 5.65 Å². The van der Waals surface area contributed by atoms with Gasteiger partial charge in [0, 0.05) is 6.20 Å². The van der Waals surface area contributed by atoms with E-state index in [-0.39, 0.29) is 6.54 Å². The van der Waals surface area contributed by atoms with Crippen LogP contribution in [0.2, 0.25) is 0 Å². The molecule has 2 heterocycles. The molecule has 0 saturated carbocycles. The van der Waals surface area contributed by atoms with Gasteiger partial charge in [0.1, 0.15) is 11.3 Å². The minimum Gasteiger partial charge on any atom is -0.462 e. The average molecular weight is 244 g/mol. The Kier molecular flexibility index (Phi) is 3.55. The van der Waals surface area contributed by atoms with Gasteiger partial charge in [0.15, 0.2) is 5.65 Å². The van der Waals surface area contributed by atoms with E-state index in [0.29, 0.717) is 23.5 Å². The van der Waals surface area contributed by atoms with Crippen molar-refractivity contribution in [2.45, 2.75) is 6.92 Å². The largest absolute Gasteiger partial charge is 0.462 e. The first-order chi connectivity index (χ1) is 8.76. The summed E-state index contributed by atoms with van der Waals surface area (Å²) in [4.78, 5) is 15.9. The molecule has 0 aliphatic heterocycles. The van der Waals surface area contributed by atoms with E-state index in [4.69, 9.17) is 10.5 Å². The molecule has 2 aromatic rings. The van der Waals surface area contributed by atoms with Crippen LogP contribution in [0.3, 0.4) is 0 Å². The number of ether oxygens (including phenoxy) is 1. The van der Waals surface area contributed by atoms with E-state index in [1.165, 1.54) is 10.7 Å². The maximum atomic E-state index is 11.7. The number of aromatic nitrogens is 3. The second-order valence-electron chi connectivity index (χ2n) is 3.37. The van der Waals surface area contributed by atoms with Crippen LogP contribution in [0, 0.1) is 11.8 Å². The first-order valence-corrected chi connectivity index (χ1v) is 5.46. The van der Waals surface area contributed by atoms with E-state index in [1.54, 1.807) is 19.2 Å². The van der Waals surface area contributed by atoms with Crippen molar-refractivity contribution in [3.63, 3.8) is 0 Å². The molecule has 0 aromatic carbocycles. The highest BCUT2D eigenvalue weighted by Gasteiger charge is 2.14. The molecule has 0 aliphatic carbocycles. The minimum absolute atomic E-state index is 0.261. The lowest BCUT2D eigenvalue weighted by atomic mass is 10.3. The molecule has 6 heteroatoms. The van der Waals surface area contributed by atoms with Crippen molar-refractivity contribution >= 4 is 11.6 Å². The zero-order valence-electron chi connectivity index (χ0n) is 9.88. The first kappa shape index (κ1) is 12.1. The number of nitrogens with zero attached hydrogens (tertiary/aromatic N) is 3. The summed E-state index contributed by atoms with van der Waals surface area (Å²) < 4.78 is 6.43. The molecule has 2 rings (SSSR count). The Labute approximate surface area is 104 Å². The minimum atomic E-state index is -0.441. The summed E-state index contributed by atoms with van der Waals surface area (Å²) in [7, 11) is 0. The number of fused-ring (bicyclic) bond motifs is 1. The third kappa shape index (κ3) is 2.31. The summed E-state index contributed by atoms with van der Waals surface area (Å²) >= 11 is 0. The molecule has 2 N–H and O–H groups in total. The summed E-state index contributed by atoms with van der Waals surface area (Å²) in [5.41, 5.74) is 6.59. The third-order valence-corrected chi connectivity index (χ3v) is 2.18. The number of nitrogens with two attached hydrogens (primary N) is 1. The van der Waals surface area contributed by atoms with Gasteiger partial charge in [0.2, 0.25) is 0 Å². The highest BCUT2D eigenvalue weighted by molar-refractivity contribution is 5.95. The lowest BCUT2D eigenvalue weighted by molar-refractivity contribution is 0.0528. The molecule has 0 aliphatic rings. The zero-order chi connectivity index (χ0) is 13.0. The standard InChI is InChI=1S/C12H12N4O2/c1-2-18-12(17)10-8-14-16-7-5-9(4-3-6-13)15-11(10)16/h5,7-8H,2,6,13H2,1H3. The van der Waals surface area contributed by atoms with E-state index >= 15 is 0 Å². The smallest absolute Gasteiger partial charge is 0.343 e. The van der Waals surface area contributed by atoms with E-state index in [9.17, 15) is 4.79 Å². The normalized spacial score (nSPS) is 9.89. The fourth-order valence-electron chi connectivity index (χ4n) is 1.43. The maximum Gasteiger partial charge on any atom is 0.343 e. The maximum absolute atomic E-state index is 11.7. The third-order valence-electron chi connectivity index (χ3n) is 2.18. The van der Waals surface area contributed by atoms with Gasteiger partial charge in [0.25, 0.3) is 0 Å². The number of carbonyl (C=O) groups is 1. The van der Waals surface area contributed by atoms with Crippen molar-refractivity contribution in [2.75, 3.05) is 13.2 Å². The predicted molar refractivity (Wildman–Crippen MR) is 64.9 cm³/mol. The van der Waals surface area contributed by atoms with Gasteiger partial charge in [0.05, 0.1) is 19.3 Å². The Hall–Kier alpha value is -2.39. The van der Waals surface area contributed by atoms with Gasteiger partial charge in [-0.3, -0.25) is 0 Å². The topological polar surface area (TPSA) is 82.5 Å². The lowest BCUT2D eigenvalue weighted by Gasteiger charge is -1.99. The molecule has 0 spiro atoms. The molecule has 0 fully saturated rings. The van der Waals surface area contributed by atoms with Crippen molar-refractivity contribution < 1.29 is 9.53 Å². The van der Waals surface area contributed by atoms with Gasteiger partial charge in [-0.1, -0.05) is 5.92 Å². The zero-order valence-corrected chi connectivity index (χ0v) is 9.88. The molecule has 0 radical (unpaired) electrons. The van der Waals surface area contributed by atoms with Gasteiger partial charge in [-0.25, -0.2) is 14.3 Å². The van der Waals surface area contributed by atoms with Crippen LogP contribution in [0.15, 0.2) is 18.5 Å². The second-order valence-corrected chi connectivity index (χ2v) is 3.37. The van der Waals surface area contributed by atoms with Crippen LogP contribution in [0.4, 0.5) is 0 Å². The van der Waals surface area contributed by atoms with Gasteiger partial charge >= 0.3 is 5.97 Å². The van der Waals surface area contributed by atoms with Crippen LogP contribution in [-0.2, 0) is 4.74 Å². The summed E-state index contributed by atoms with van der Waals surface area (Å²) in [5.74, 6) is 5.07. The highest BCUT2D eigenvalue weighted by Crippen LogP contribution is 2.10. The Morgan fingerprint density at radius 3 is 3.17 bits per heavy atom. The summed E-state index contributed by atoms with van der Waals surface area (Å²) in [5, 5.41) is 4.02. The molecule has 92 valence electrons. The predicted octanol–water partition coefficient (Wildman–Crippen LogP) is 0.216. The lowest BCUT2D eigenvalue weighted by Crippen LogP contribution is -2.05. The van der Waals surface area contributed by atoms with Gasteiger partial charge in [-0.2, -0.15) is 5.10 Å². The molecule has 0 unspecified atom stereocenters. The molecule has 18 heavy (non-hydrogen) atoms. The summed E-state index contributed by atoms with van der Waals surface area (Å²) in [6, 6.07) is 1.71. The van der Waals surface area contributed by atoms with Gasteiger partial charge in [-0.15, -0.1) is 0 Å². The van der Waals surface area contributed by atoms with E-state index in [0.717, 1.165) is 0 Å². The number of esters is 1. The molecule has 0 atom stereocenters. The number of rotatable bonds is 2. The average Bonchev–Trinajstić information content (AvgIpc) is 2.79. The summed E-state index contributed by atoms with van der Waals surface area (Å²) in [6.07, 6.45) is 3.12. The Balaban J connectivity index is 2.46. The van der Waals surface area contributed by atoms with Crippen molar-refractivity contribution in [1.82, 2.24) is 14.6 Å². The first-order valence-electron chi connectivity index (χ1n) is 5.46.